The number of nitrogens with zero attached hydrogens (tertiary/aromatic N) is 1. The Morgan fingerprint density at radius 2 is 2.18 bits per heavy atom. The van der Waals surface area contributed by atoms with Crippen LogP contribution in [-0.2, 0) is 12.8 Å². The highest BCUT2D eigenvalue weighted by Gasteiger charge is 2.22. The van der Waals surface area contributed by atoms with Crippen LogP contribution < -0.4 is 0 Å². The highest BCUT2D eigenvalue weighted by atomic mass is 19.3. The van der Waals surface area contributed by atoms with Crippen molar-refractivity contribution in [1.29, 1.82) is 0 Å². The van der Waals surface area contributed by atoms with Gasteiger partial charge in [0, 0.05) is 23.9 Å². The lowest BCUT2D eigenvalue weighted by Gasteiger charge is -2.11. The van der Waals surface area contributed by atoms with Crippen LogP contribution in [0.4, 0.5) is 8.78 Å². The van der Waals surface area contributed by atoms with E-state index >= 15 is 0 Å². The molecule has 1 aromatic rings. The maximum absolute atomic E-state index is 12.7. The Labute approximate surface area is 101 Å². The van der Waals surface area contributed by atoms with Gasteiger partial charge in [-0.2, -0.15) is 0 Å². The van der Waals surface area contributed by atoms with Crippen molar-refractivity contribution in [3.63, 3.8) is 0 Å². The number of aromatic nitrogens is 1. The number of pyridine rings is 1. The first-order chi connectivity index (χ1) is 7.97. The number of alkyl halides is 2. The number of hydrogen-bond acceptors (Lipinski definition) is 1. The summed E-state index contributed by atoms with van der Waals surface area (Å²) in [4.78, 5) is 4.31. The number of fused-ring (bicyclic) bond motifs is 1. The summed E-state index contributed by atoms with van der Waals surface area (Å²) < 4.78 is 25.5. The molecule has 0 fully saturated rings. The first kappa shape index (κ1) is 12.2. The summed E-state index contributed by atoms with van der Waals surface area (Å²) >= 11 is 0. The Kier molecular flexibility index (Phi) is 3.27. The van der Waals surface area contributed by atoms with Crippen molar-refractivity contribution in [3.8, 4) is 0 Å². The topological polar surface area (TPSA) is 12.9 Å². The second kappa shape index (κ2) is 4.55. The molecule has 0 radical (unpaired) electrons. The molecule has 0 N–H and O–H groups in total. The summed E-state index contributed by atoms with van der Waals surface area (Å²) in [5.74, 6) is -2.57. The van der Waals surface area contributed by atoms with E-state index in [-0.39, 0.29) is 6.42 Å². The van der Waals surface area contributed by atoms with Crippen molar-refractivity contribution in [1.82, 2.24) is 4.98 Å². The molecule has 0 unspecified atom stereocenters. The van der Waals surface area contributed by atoms with Crippen LogP contribution >= 0.6 is 0 Å². The fourth-order valence-electron chi connectivity index (χ4n) is 2.36. The molecule has 0 spiro atoms. The van der Waals surface area contributed by atoms with E-state index in [4.69, 9.17) is 0 Å². The van der Waals surface area contributed by atoms with E-state index in [0.29, 0.717) is 12.8 Å². The quantitative estimate of drug-likeness (QED) is 0.770. The molecular formula is C14H17F2N. The van der Waals surface area contributed by atoms with E-state index in [9.17, 15) is 8.78 Å². The third-order valence-corrected chi connectivity index (χ3v) is 3.19. The van der Waals surface area contributed by atoms with Crippen LogP contribution in [-0.4, -0.2) is 10.9 Å². The molecule has 17 heavy (non-hydrogen) atoms. The van der Waals surface area contributed by atoms with Crippen molar-refractivity contribution < 1.29 is 8.78 Å². The largest absolute Gasteiger partial charge is 0.261 e. The van der Waals surface area contributed by atoms with Gasteiger partial charge in [0.05, 0.1) is 0 Å². The summed E-state index contributed by atoms with van der Waals surface area (Å²) in [7, 11) is 0. The van der Waals surface area contributed by atoms with Gasteiger partial charge in [-0.15, -0.1) is 0 Å². The standard InChI is InChI=1S/C14H17F2N/c1-10-5-6-11-7-9-17-12(13(10)11)4-3-8-14(2,15)16/h7,9H,1,3-6,8H2,2H3. The van der Waals surface area contributed by atoms with Gasteiger partial charge in [0.1, 0.15) is 0 Å². The van der Waals surface area contributed by atoms with Crippen LogP contribution in [0.25, 0.3) is 5.57 Å². The van der Waals surface area contributed by atoms with E-state index < -0.39 is 5.92 Å². The molecule has 1 heterocycles. The first-order valence-electron chi connectivity index (χ1n) is 6.00. The molecular weight excluding hydrogens is 220 g/mol. The number of allylic oxidation sites excluding steroid dienone is 1. The molecule has 2 rings (SSSR count). The van der Waals surface area contributed by atoms with Crippen LogP contribution in [0.2, 0.25) is 0 Å². The van der Waals surface area contributed by atoms with Gasteiger partial charge in [-0.25, -0.2) is 8.78 Å². The van der Waals surface area contributed by atoms with Crippen LogP contribution in [0.5, 0.6) is 0 Å². The average molecular weight is 237 g/mol. The molecule has 0 aliphatic heterocycles. The lowest BCUT2D eigenvalue weighted by molar-refractivity contribution is 0.0110. The predicted octanol–water partition coefficient (Wildman–Crippen LogP) is 4.02. The van der Waals surface area contributed by atoms with Gasteiger partial charge in [-0.05, 0) is 49.8 Å². The van der Waals surface area contributed by atoms with Crippen LogP contribution in [0.3, 0.4) is 0 Å². The maximum Gasteiger partial charge on any atom is 0.245 e. The molecule has 1 aromatic heterocycles. The highest BCUT2D eigenvalue weighted by Crippen LogP contribution is 2.33. The number of rotatable bonds is 4. The molecule has 0 saturated heterocycles. The lowest BCUT2D eigenvalue weighted by Crippen LogP contribution is -2.10. The smallest absolute Gasteiger partial charge is 0.245 e. The zero-order chi connectivity index (χ0) is 12.5. The molecule has 92 valence electrons. The third-order valence-electron chi connectivity index (χ3n) is 3.19. The Hall–Kier alpha value is -1.25. The summed E-state index contributed by atoms with van der Waals surface area (Å²) in [6, 6.07) is 2.01. The van der Waals surface area contributed by atoms with E-state index in [1.54, 1.807) is 6.20 Å². The summed E-state index contributed by atoms with van der Waals surface area (Å²) in [6.45, 7) is 4.99. The second-order valence-corrected chi connectivity index (χ2v) is 4.82. The van der Waals surface area contributed by atoms with Crippen LogP contribution in [0.15, 0.2) is 18.8 Å². The number of aryl methyl sites for hydroxylation is 2. The molecule has 0 aromatic carbocycles. The zero-order valence-electron chi connectivity index (χ0n) is 10.1. The Morgan fingerprint density at radius 1 is 1.41 bits per heavy atom. The summed E-state index contributed by atoms with van der Waals surface area (Å²) in [6.07, 6.45) is 4.76. The molecule has 1 aliphatic rings. The molecule has 1 nitrogen and oxygen atoms in total. The normalized spacial score (nSPS) is 15.1. The van der Waals surface area contributed by atoms with Gasteiger partial charge in [-0.1, -0.05) is 6.58 Å². The van der Waals surface area contributed by atoms with Crippen LogP contribution in [0, 0.1) is 0 Å². The average Bonchev–Trinajstić information content (AvgIpc) is 2.60. The van der Waals surface area contributed by atoms with Crippen molar-refractivity contribution in [3.05, 3.63) is 35.7 Å². The van der Waals surface area contributed by atoms with Crippen molar-refractivity contribution in [2.45, 2.75) is 45.0 Å². The van der Waals surface area contributed by atoms with Crippen molar-refractivity contribution in [2.75, 3.05) is 0 Å². The highest BCUT2D eigenvalue weighted by molar-refractivity contribution is 5.72. The predicted molar refractivity (Wildman–Crippen MR) is 65.2 cm³/mol. The molecule has 0 amide bonds. The zero-order valence-corrected chi connectivity index (χ0v) is 10.1. The summed E-state index contributed by atoms with van der Waals surface area (Å²) in [5.41, 5.74) is 4.44. The summed E-state index contributed by atoms with van der Waals surface area (Å²) in [5, 5.41) is 0. The van der Waals surface area contributed by atoms with Crippen molar-refractivity contribution in [2.24, 2.45) is 0 Å². The van der Waals surface area contributed by atoms with Gasteiger partial charge in [0.2, 0.25) is 5.92 Å². The van der Waals surface area contributed by atoms with Crippen LogP contribution in [0.1, 0.15) is 43.0 Å². The minimum Gasteiger partial charge on any atom is -0.261 e. The van der Waals surface area contributed by atoms with Gasteiger partial charge >= 0.3 is 0 Å². The molecule has 3 heteroatoms. The Morgan fingerprint density at radius 3 is 2.88 bits per heavy atom. The van der Waals surface area contributed by atoms with E-state index in [1.807, 2.05) is 6.07 Å². The fourth-order valence-corrected chi connectivity index (χ4v) is 2.36. The van der Waals surface area contributed by atoms with E-state index in [2.05, 4.69) is 11.6 Å². The Balaban J connectivity index is 2.07. The lowest BCUT2D eigenvalue weighted by atomic mass is 10.0. The molecule has 0 bridgehead atoms. The molecule has 0 atom stereocenters. The third kappa shape index (κ3) is 2.90. The van der Waals surface area contributed by atoms with E-state index in [1.165, 1.54) is 5.56 Å². The number of halogens is 2. The minimum atomic E-state index is -2.57. The van der Waals surface area contributed by atoms with Gasteiger partial charge in [-0.3, -0.25) is 4.98 Å². The first-order valence-corrected chi connectivity index (χ1v) is 6.00. The van der Waals surface area contributed by atoms with Gasteiger partial charge < -0.3 is 0 Å². The SMILES string of the molecule is C=C1CCc2ccnc(CCCC(C)(F)F)c21. The van der Waals surface area contributed by atoms with Gasteiger partial charge in [0.15, 0.2) is 0 Å². The van der Waals surface area contributed by atoms with Crippen molar-refractivity contribution >= 4 is 5.57 Å². The molecule has 1 aliphatic carbocycles. The minimum absolute atomic E-state index is 0.0785. The second-order valence-electron chi connectivity index (χ2n) is 4.82. The number of hydrogen-bond donors (Lipinski definition) is 0. The molecule has 0 saturated carbocycles. The maximum atomic E-state index is 12.7. The Bertz CT molecular complexity index is 432. The fraction of sp³-hybridized carbons (Fsp3) is 0.500. The van der Waals surface area contributed by atoms with E-state index in [0.717, 1.165) is 36.6 Å². The van der Waals surface area contributed by atoms with Gasteiger partial charge in [0.25, 0.3) is 0 Å². The monoisotopic (exact) mass is 237 g/mol.